The second-order valence-corrected chi connectivity index (χ2v) is 4.06. The Morgan fingerprint density at radius 2 is 2.00 bits per heavy atom. The predicted molar refractivity (Wildman–Crippen MR) is 71.7 cm³/mol. The number of benzene rings is 1. The molecule has 0 bridgehead atoms. The molecule has 0 aliphatic heterocycles. The zero-order valence-corrected chi connectivity index (χ0v) is 10.4. The third-order valence-electron chi connectivity index (χ3n) is 2.37. The highest BCUT2D eigenvalue weighted by molar-refractivity contribution is 5.94. The monoisotopic (exact) mass is 258 g/mol. The molecule has 0 saturated carbocycles. The van der Waals surface area contributed by atoms with Crippen LogP contribution in [0.1, 0.15) is 12.6 Å². The SMILES string of the molecule is CC(=O)Nc1cccc(NC(=O)Cc2cnc[nH]2)c1. The smallest absolute Gasteiger partial charge is 0.230 e. The molecular weight excluding hydrogens is 244 g/mol. The van der Waals surface area contributed by atoms with Crippen molar-refractivity contribution in [2.75, 3.05) is 10.6 Å². The minimum absolute atomic E-state index is 0.149. The van der Waals surface area contributed by atoms with Crippen molar-refractivity contribution in [3.63, 3.8) is 0 Å². The molecule has 3 N–H and O–H groups in total. The first-order chi connectivity index (χ1) is 9.13. The van der Waals surface area contributed by atoms with E-state index < -0.39 is 0 Å². The van der Waals surface area contributed by atoms with Crippen LogP contribution in [0.2, 0.25) is 0 Å². The van der Waals surface area contributed by atoms with Crippen molar-refractivity contribution in [2.24, 2.45) is 0 Å². The fraction of sp³-hybridized carbons (Fsp3) is 0.154. The molecule has 1 aromatic carbocycles. The number of aromatic amines is 1. The topological polar surface area (TPSA) is 86.9 Å². The van der Waals surface area contributed by atoms with Crippen molar-refractivity contribution in [1.29, 1.82) is 0 Å². The molecule has 6 nitrogen and oxygen atoms in total. The maximum Gasteiger partial charge on any atom is 0.230 e. The number of aromatic nitrogens is 2. The quantitative estimate of drug-likeness (QED) is 0.777. The minimum Gasteiger partial charge on any atom is -0.348 e. The molecule has 2 rings (SSSR count). The average molecular weight is 258 g/mol. The number of nitrogens with zero attached hydrogens (tertiary/aromatic N) is 1. The van der Waals surface area contributed by atoms with E-state index in [0.717, 1.165) is 5.69 Å². The standard InChI is InChI=1S/C13H14N4O2/c1-9(18)16-10-3-2-4-11(5-10)17-13(19)6-12-7-14-8-15-12/h2-5,7-8H,6H2,1H3,(H,14,15)(H,16,18)(H,17,19). The number of imidazole rings is 1. The van der Waals surface area contributed by atoms with Crippen molar-refractivity contribution in [1.82, 2.24) is 9.97 Å². The summed E-state index contributed by atoms with van der Waals surface area (Å²) in [6, 6.07) is 6.98. The van der Waals surface area contributed by atoms with Crippen LogP contribution in [0.4, 0.5) is 11.4 Å². The van der Waals surface area contributed by atoms with Crippen molar-refractivity contribution < 1.29 is 9.59 Å². The van der Waals surface area contributed by atoms with E-state index in [-0.39, 0.29) is 18.2 Å². The van der Waals surface area contributed by atoms with Gasteiger partial charge in [-0.1, -0.05) is 6.07 Å². The number of anilines is 2. The van der Waals surface area contributed by atoms with Crippen molar-refractivity contribution in [3.8, 4) is 0 Å². The number of rotatable bonds is 4. The molecule has 0 unspecified atom stereocenters. The lowest BCUT2D eigenvalue weighted by Gasteiger charge is -2.07. The molecule has 0 aliphatic carbocycles. The van der Waals surface area contributed by atoms with Crippen LogP contribution >= 0.6 is 0 Å². The van der Waals surface area contributed by atoms with Crippen molar-refractivity contribution in [2.45, 2.75) is 13.3 Å². The molecule has 98 valence electrons. The number of H-pyrrole nitrogens is 1. The minimum atomic E-state index is -0.152. The Kier molecular flexibility index (Phi) is 3.92. The maximum absolute atomic E-state index is 11.8. The van der Waals surface area contributed by atoms with E-state index in [1.807, 2.05) is 0 Å². The molecule has 0 aliphatic rings. The van der Waals surface area contributed by atoms with Crippen LogP contribution in [0.15, 0.2) is 36.8 Å². The van der Waals surface area contributed by atoms with E-state index in [1.54, 1.807) is 30.5 Å². The summed E-state index contributed by atoms with van der Waals surface area (Å²) < 4.78 is 0. The molecule has 0 fully saturated rings. The molecule has 0 atom stereocenters. The van der Waals surface area contributed by atoms with E-state index in [0.29, 0.717) is 11.4 Å². The Balaban J connectivity index is 1.98. The van der Waals surface area contributed by atoms with Crippen molar-refractivity contribution in [3.05, 3.63) is 42.5 Å². The number of carbonyl (C=O) groups is 2. The summed E-state index contributed by atoms with van der Waals surface area (Å²) in [6.07, 6.45) is 3.36. The van der Waals surface area contributed by atoms with E-state index in [4.69, 9.17) is 0 Å². The molecule has 2 amide bonds. The summed E-state index contributed by atoms with van der Waals surface area (Å²) in [5, 5.41) is 5.41. The summed E-state index contributed by atoms with van der Waals surface area (Å²) in [7, 11) is 0. The van der Waals surface area contributed by atoms with Crippen LogP contribution in [-0.2, 0) is 16.0 Å². The number of hydrogen-bond acceptors (Lipinski definition) is 3. The average Bonchev–Trinajstić information content (AvgIpc) is 2.81. The van der Waals surface area contributed by atoms with E-state index >= 15 is 0 Å². The van der Waals surface area contributed by atoms with Gasteiger partial charge in [0.1, 0.15) is 0 Å². The molecule has 2 aromatic rings. The van der Waals surface area contributed by atoms with Gasteiger partial charge >= 0.3 is 0 Å². The Hall–Kier alpha value is -2.63. The normalized spacial score (nSPS) is 9.95. The van der Waals surface area contributed by atoms with Crippen LogP contribution in [0, 0.1) is 0 Å². The summed E-state index contributed by atoms with van der Waals surface area (Å²) in [6.45, 7) is 1.43. The lowest BCUT2D eigenvalue weighted by molar-refractivity contribution is -0.116. The van der Waals surface area contributed by atoms with Gasteiger partial charge in [-0.25, -0.2) is 4.98 Å². The Morgan fingerprint density at radius 3 is 2.63 bits per heavy atom. The summed E-state index contributed by atoms with van der Waals surface area (Å²) >= 11 is 0. The first kappa shape index (κ1) is 12.8. The second kappa shape index (κ2) is 5.81. The van der Waals surface area contributed by atoms with Gasteiger partial charge in [-0.05, 0) is 18.2 Å². The molecule has 1 aromatic heterocycles. The highest BCUT2D eigenvalue weighted by Crippen LogP contribution is 2.15. The van der Waals surface area contributed by atoms with Gasteiger partial charge in [-0.3, -0.25) is 9.59 Å². The van der Waals surface area contributed by atoms with Gasteiger partial charge in [-0.15, -0.1) is 0 Å². The summed E-state index contributed by atoms with van der Waals surface area (Å²) in [4.78, 5) is 29.4. The Labute approximate surface area is 110 Å². The van der Waals surface area contributed by atoms with Crippen LogP contribution in [-0.4, -0.2) is 21.8 Å². The fourth-order valence-electron chi connectivity index (χ4n) is 1.64. The van der Waals surface area contributed by atoms with Gasteiger partial charge in [0.2, 0.25) is 11.8 Å². The third kappa shape index (κ3) is 3.95. The van der Waals surface area contributed by atoms with Crippen LogP contribution in [0.5, 0.6) is 0 Å². The van der Waals surface area contributed by atoms with Crippen molar-refractivity contribution >= 4 is 23.2 Å². The molecule has 0 saturated heterocycles. The van der Waals surface area contributed by atoms with Gasteiger partial charge in [0.25, 0.3) is 0 Å². The molecule has 1 heterocycles. The second-order valence-electron chi connectivity index (χ2n) is 4.06. The van der Waals surface area contributed by atoms with E-state index in [1.165, 1.54) is 13.3 Å². The third-order valence-corrected chi connectivity index (χ3v) is 2.37. The van der Waals surface area contributed by atoms with Gasteiger partial charge < -0.3 is 15.6 Å². The van der Waals surface area contributed by atoms with Gasteiger partial charge in [0, 0.05) is 30.2 Å². The Morgan fingerprint density at radius 1 is 1.26 bits per heavy atom. The first-order valence-corrected chi connectivity index (χ1v) is 5.78. The fourth-order valence-corrected chi connectivity index (χ4v) is 1.64. The zero-order valence-electron chi connectivity index (χ0n) is 10.4. The number of nitrogens with one attached hydrogen (secondary N) is 3. The van der Waals surface area contributed by atoms with Crippen LogP contribution in [0.25, 0.3) is 0 Å². The largest absolute Gasteiger partial charge is 0.348 e. The van der Waals surface area contributed by atoms with E-state index in [2.05, 4.69) is 20.6 Å². The number of hydrogen-bond donors (Lipinski definition) is 3. The van der Waals surface area contributed by atoms with Crippen LogP contribution < -0.4 is 10.6 Å². The summed E-state index contributed by atoms with van der Waals surface area (Å²) in [5.74, 6) is -0.301. The molecular formula is C13H14N4O2. The van der Waals surface area contributed by atoms with Gasteiger partial charge in [-0.2, -0.15) is 0 Å². The number of carbonyl (C=O) groups excluding carboxylic acids is 2. The maximum atomic E-state index is 11.8. The number of amides is 2. The summed E-state index contributed by atoms with van der Waals surface area (Å²) in [5.41, 5.74) is 2.03. The molecule has 0 radical (unpaired) electrons. The molecule has 6 heteroatoms. The molecule has 19 heavy (non-hydrogen) atoms. The van der Waals surface area contributed by atoms with Gasteiger partial charge in [0.15, 0.2) is 0 Å². The lowest BCUT2D eigenvalue weighted by atomic mass is 10.2. The highest BCUT2D eigenvalue weighted by Gasteiger charge is 2.05. The molecule has 0 spiro atoms. The van der Waals surface area contributed by atoms with Crippen LogP contribution in [0.3, 0.4) is 0 Å². The first-order valence-electron chi connectivity index (χ1n) is 5.78. The van der Waals surface area contributed by atoms with E-state index in [9.17, 15) is 9.59 Å². The predicted octanol–water partition coefficient (Wildman–Crippen LogP) is 1.55. The zero-order chi connectivity index (χ0) is 13.7. The Bertz CT molecular complexity index is 578. The highest BCUT2D eigenvalue weighted by atomic mass is 16.2. The lowest BCUT2D eigenvalue weighted by Crippen LogP contribution is -2.15. The van der Waals surface area contributed by atoms with Gasteiger partial charge in [0.05, 0.1) is 12.7 Å².